The third-order valence-corrected chi connectivity index (χ3v) is 3.26. The first-order chi connectivity index (χ1) is 9.52. The van der Waals surface area contributed by atoms with Gasteiger partial charge in [0.1, 0.15) is 12.4 Å². The van der Waals surface area contributed by atoms with Crippen LogP contribution >= 0.6 is 0 Å². The van der Waals surface area contributed by atoms with Gasteiger partial charge in [0.15, 0.2) is 5.82 Å². The molecule has 1 aliphatic rings. The average Bonchev–Trinajstić information content (AvgIpc) is 3.01. The molecule has 0 unspecified atom stereocenters. The molecule has 2 amide bonds. The molecule has 3 N–H and O–H groups in total. The van der Waals surface area contributed by atoms with Crippen molar-refractivity contribution in [2.24, 2.45) is 0 Å². The lowest BCUT2D eigenvalue weighted by atomic mass is 10.2. The van der Waals surface area contributed by atoms with Crippen LogP contribution in [0, 0.1) is 0 Å². The summed E-state index contributed by atoms with van der Waals surface area (Å²) in [5.41, 5.74) is 0. The topological polar surface area (TPSA) is 121 Å². The van der Waals surface area contributed by atoms with Crippen molar-refractivity contribution in [3.8, 4) is 0 Å². The number of carbonyl (C=O) groups is 2. The van der Waals surface area contributed by atoms with Crippen LogP contribution in [-0.2, 0) is 17.9 Å². The summed E-state index contributed by atoms with van der Waals surface area (Å²) in [4.78, 5) is 24.1. The van der Waals surface area contributed by atoms with Crippen molar-refractivity contribution in [1.82, 2.24) is 25.0 Å². The molecule has 9 nitrogen and oxygen atoms in total. The average molecular weight is 283 g/mol. The van der Waals surface area contributed by atoms with Crippen LogP contribution in [0.15, 0.2) is 6.33 Å². The molecule has 0 aromatic carbocycles. The van der Waals surface area contributed by atoms with E-state index in [1.165, 1.54) is 0 Å². The molecule has 2 atom stereocenters. The number of urea groups is 1. The van der Waals surface area contributed by atoms with Crippen LogP contribution in [-0.4, -0.2) is 60.6 Å². The molecule has 0 aliphatic carbocycles. The lowest BCUT2D eigenvalue weighted by molar-refractivity contribution is -0.141. The molecule has 1 saturated heterocycles. The highest BCUT2D eigenvalue weighted by atomic mass is 16.4. The van der Waals surface area contributed by atoms with Gasteiger partial charge in [-0.15, -0.1) is 10.2 Å². The summed E-state index contributed by atoms with van der Waals surface area (Å²) in [6.07, 6.45) is 0.802. The van der Waals surface area contributed by atoms with Gasteiger partial charge in [0, 0.05) is 19.5 Å². The van der Waals surface area contributed by atoms with Gasteiger partial charge in [-0.3, -0.25) is 0 Å². The number of carboxylic acids is 1. The standard InChI is InChI=1S/C11H17N5O4/c1-2-15-6-13-14-9(15)4-12-11(20)16-5-7(17)3-8(16)10(18)19/h6-8,17H,2-5H2,1H3,(H,12,20)(H,18,19)/t7-,8-/m0/s1. The van der Waals surface area contributed by atoms with Crippen LogP contribution < -0.4 is 5.32 Å². The van der Waals surface area contributed by atoms with Gasteiger partial charge in [-0.1, -0.05) is 0 Å². The fourth-order valence-electron chi connectivity index (χ4n) is 2.21. The first kappa shape index (κ1) is 14.3. The number of aryl methyl sites for hydroxylation is 1. The Morgan fingerprint density at radius 3 is 2.95 bits per heavy atom. The summed E-state index contributed by atoms with van der Waals surface area (Å²) in [7, 11) is 0. The van der Waals surface area contributed by atoms with Crippen molar-refractivity contribution in [1.29, 1.82) is 0 Å². The number of likely N-dealkylation sites (tertiary alicyclic amines) is 1. The fourth-order valence-corrected chi connectivity index (χ4v) is 2.21. The van der Waals surface area contributed by atoms with Crippen LogP contribution in [0.3, 0.4) is 0 Å². The van der Waals surface area contributed by atoms with E-state index in [0.717, 1.165) is 4.90 Å². The van der Waals surface area contributed by atoms with E-state index in [1.54, 1.807) is 10.9 Å². The second-order valence-corrected chi connectivity index (χ2v) is 4.59. The summed E-state index contributed by atoms with van der Waals surface area (Å²) in [5.74, 6) is -0.527. The summed E-state index contributed by atoms with van der Waals surface area (Å²) >= 11 is 0. The number of carbonyl (C=O) groups excluding carboxylic acids is 1. The highest BCUT2D eigenvalue weighted by Gasteiger charge is 2.38. The molecule has 0 saturated carbocycles. The third kappa shape index (κ3) is 2.87. The molecular weight excluding hydrogens is 266 g/mol. The lowest BCUT2D eigenvalue weighted by Gasteiger charge is -2.21. The minimum absolute atomic E-state index is 0.0171. The van der Waals surface area contributed by atoms with Gasteiger partial charge in [0.2, 0.25) is 0 Å². The Morgan fingerprint density at radius 1 is 1.55 bits per heavy atom. The zero-order valence-corrected chi connectivity index (χ0v) is 11.1. The van der Waals surface area contributed by atoms with Crippen molar-refractivity contribution in [3.05, 3.63) is 12.2 Å². The minimum Gasteiger partial charge on any atom is -0.480 e. The molecule has 0 bridgehead atoms. The van der Waals surface area contributed by atoms with Crippen LogP contribution in [0.4, 0.5) is 4.79 Å². The van der Waals surface area contributed by atoms with E-state index in [4.69, 9.17) is 5.11 Å². The highest BCUT2D eigenvalue weighted by molar-refractivity contribution is 5.83. The van der Waals surface area contributed by atoms with Gasteiger partial charge in [-0.05, 0) is 6.92 Å². The number of aliphatic carboxylic acids is 1. The predicted molar refractivity (Wildman–Crippen MR) is 66.7 cm³/mol. The molecule has 0 spiro atoms. The number of rotatable bonds is 4. The number of aliphatic hydroxyl groups is 1. The third-order valence-electron chi connectivity index (χ3n) is 3.26. The Kier molecular flexibility index (Phi) is 4.18. The molecule has 1 fully saturated rings. The van der Waals surface area contributed by atoms with Gasteiger partial charge in [0.25, 0.3) is 0 Å². The Hall–Kier alpha value is -2.16. The quantitative estimate of drug-likeness (QED) is 0.653. The van der Waals surface area contributed by atoms with Crippen molar-refractivity contribution < 1.29 is 19.8 Å². The second kappa shape index (κ2) is 5.87. The van der Waals surface area contributed by atoms with Crippen molar-refractivity contribution in [2.75, 3.05) is 6.54 Å². The Labute approximate surface area is 115 Å². The number of hydrogen-bond acceptors (Lipinski definition) is 5. The van der Waals surface area contributed by atoms with Gasteiger partial charge >= 0.3 is 12.0 Å². The van der Waals surface area contributed by atoms with E-state index < -0.39 is 24.1 Å². The van der Waals surface area contributed by atoms with E-state index in [0.29, 0.717) is 12.4 Å². The molecule has 2 rings (SSSR count). The molecule has 9 heteroatoms. The maximum absolute atomic E-state index is 12.0. The Morgan fingerprint density at radius 2 is 2.30 bits per heavy atom. The number of β-amino-alcohol motifs (C(OH)–C–C–N with tert-alkyl or cyclic N) is 1. The van der Waals surface area contributed by atoms with Crippen molar-refractivity contribution in [3.63, 3.8) is 0 Å². The van der Waals surface area contributed by atoms with Crippen LogP contribution in [0.5, 0.6) is 0 Å². The van der Waals surface area contributed by atoms with Crippen LogP contribution in [0.2, 0.25) is 0 Å². The van der Waals surface area contributed by atoms with E-state index in [2.05, 4.69) is 15.5 Å². The molecule has 0 radical (unpaired) electrons. The number of carboxylic acid groups (broad SMARTS) is 1. The maximum atomic E-state index is 12.0. The predicted octanol–water partition coefficient (Wildman–Crippen LogP) is -0.973. The van der Waals surface area contributed by atoms with E-state index in [-0.39, 0.29) is 19.5 Å². The van der Waals surface area contributed by atoms with Crippen LogP contribution in [0.1, 0.15) is 19.2 Å². The molecule has 1 aromatic rings. The maximum Gasteiger partial charge on any atom is 0.326 e. The van der Waals surface area contributed by atoms with Gasteiger partial charge in [0.05, 0.1) is 12.6 Å². The molecule has 2 heterocycles. The molecule has 110 valence electrons. The monoisotopic (exact) mass is 283 g/mol. The number of amides is 2. The largest absolute Gasteiger partial charge is 0.480 e. The number of nitrogens with one attached hydrogen (secondary N) is 1. The molecule has 20 heavy (non-hydrogen) atoms. The number of aromatic nitrogens is 3. The van der Waals surface area contributed by atoms with Crippen molar-refractivity contribution >= 4 is 12.0 Å². The van der Waals surface area contributed by atoms with E-state index >= 15 is 0 Å². The first-order valence-corrected chi connectivity index (χ1v) is 6.35. The zero-order valence-electron chi connectivity index (χ0n) is 11.1. The minimum atomic E-state index is -1.12. The molecule has 1 aliphatic heterocycles. The summed E-state index contributed by atoms with van der Waals surface area (Å²) in [6.45, 7) is 2.78. The normalized spacial score (nSPS) is 22.0. The Balaban J connectivity index is 1.96. The summed E-state index contributed by atoms with van der Waals surface area (Å²) in [6, 6.07) is -1.52. The SMILES string of the molecule is CCn1cnnc1CNC(=O)N1C[C@@H](O)C[C@H]1C(=O)O. The summed E-state index contributed by atoms with van der Waals surface area (Å²) < 4.78 is 1.77. The Bertz CT molecular complexity index is 503. The van der Waals surface area contributed by atoms with Gasteiger partial charge < -0.3 is 25.0 Å². The van der Waals surface area contributed by atoms with Gasteiger partial charge in [-0.25, -0.2) is 9.59 Å². The van der Waals surface area contributed by atoms with Gasteiger partial charge in [-0.2, -0.15) is 0 Å². The number of hydrogen-bond donors (Lipinski definition) is 3. The zero-order chi connectivity index (χ0) is 14.7. The lowest BCUT2D eigenvalue weighted by Crippen LogP contribution is -2.46. The number of aliphatic hydroxyl groups excluding tert-OH is 1. The first-order valence-electron chi connectivity index (χ1n) is 6.35. The smallest absolute Gasteiger partial charge is 0.326 e. The summed E-state index contributed by atoms with van der Waals surface area (Å²) in [5, 5.41) is 28.7. The molecule has 1 aromatic heterocycles. The van der Waals surface area contributed by atoms with Crippen molar-refractivity contribution in [2.45, 2.75) is 38.6 Å². The van der Waals surface area contributed by atoms with Crippen LogP contribution in [0.25, 0.3) is 0 Å². The van der Waals surface area contributed by atoms with E-state index in [1.807, 2.05) is 6.92 Å². The van der Waals surface area contributed by atoms with E-state index in [9.17, 15) is 14.7 Å². The fraction of sp³-hybridized carbons (Fsp3) is 0.636. The number of nitrogens with zero attached hydrogens (tertiary/aromatic N) is 4. The molecular formula is C11H17N5O4. The highest BCUT2D eigenvalue weighted by Crippen LogP contribution is 2.18. The second-order valence-electron chi connectivity index (χ2n) is 4.59.